The molecule has 174 valence electrons. The highest BCUT2D eigenvalue weighted by atomic mass is 35.5. The zero-order valence-corrected chi connectivity index (χ0v) is 20.6. The molecule has 33 heavy (non-hydrogen) atoms. The lowest BCUT2D eigenvalue weighted by Crippen LogP contribution is -2.28. The third-order valence-electron chi connectivity index (χ3n) is 5.10. The molecule has 0 saturated heterocycles. The first-order valence-electron chi connectivity index (χ1n) is 10.4. The largest absolute Gasteiger partial charge is 0.491 e. The van der Waals surface area contributed by atoms with Crippen LogP contribution in [-0.4, -0.2) is 27.5 Å². The van der Waals surface area contributed by atoms with Crippen LogP contribution in [0.25, 0.3) is 0 Å². The van der Waals surface area contributed by atoms with Crippen LogP contribution in [0.4, 0.5) is 5.69 Å². The molecule has 0 aromatic heterocycles. The average Bonchev–Trinajstić information content (AvgIpc) is 2.75. The fraction of sp³-hybridized carbons (Fsp3) is 0.240. The van der Waals surface area contributed by atoms with E-state index in [0.717, 1.165) is 28.0 Å². The first kappa shape index (κ1) is 24.6. The number of sulfonamides is 1. The monoisotopic (exact) mass is 486 g/mol. The molecular formula is C25H27ClN2O4S. The van der Waals surface area contributed by atoms with E-state index in [1.54, 1.807) is 6.07 Å². The zero-order chi connectivity index (χ0) is 24.2. The second-order valence-corrected chi connectivity index (χ2v) is 10.0. The standard InChI is InChI=1S/C25H27ClN2O4S/c1-16-6-10-23(19(4)13-16)32-12-11-27-25(29)20-8-9-21(26)24(15-20)33(30,31)28-22-14-17(2)5-7-18(22)3/h5-10,13-15,28H,11-12H2,1-4H3,(H,27,29). The van der Waals surface area contributed by atoms with Crippen molar-refractivity contribution in [1.29, 1.82) is 0 Å². The number of rotatable bonds is 8. The van der Waals surface area contributed by atoms with Crippen LogP contribution in [-0.2, 0) is 10.0 Å². The minimum atomic E-state index is -4.00. The Hall–Kier alpha value is -3.03. The summed E-state index contributed by atoms with van der Waals surface area (Å²) in [6, 6.07) is 15.5. The van der Waals surface area contributed by atoms with Crippen molar-refractivity contribution >= 4 is 33.2 Å². The van der Waals surface area contributed by atoms with Gasteiger partial charge in [-0.05, 0) is 74.7 Å². The summed E-state index contributed by atoms with van der Waals surface area (Å²) in [5.41, 5.74) is 4.51. The third kappa shape index (κ3) is 6.27. The van der Waals surface area contributed by atoms with Crippen molar-refractivity contribution in [2.75, 3.05) is 17.9 Å². The van der Waals surface area contributed by atoms with Gasteiger partial charge in [0.1, 0.15) is 17.3 Å². The number of carbonyl (C=O) groups is 1. The molecule has 6 nitrogen and oxygen atoms in total. The minimum absolute atomic E-state index is 0.0301. The second-order valence-electron chi connectivity index (χ2n) is 7.94. The van der Waals surface area contributed by atoms with Gasteiger partial charge in [0.2, 0.25) is 0 Å². The number of ether oxygens (including phenoxy) is 1. The molecule has 0 atom stereocenters. The van der Waals surface area contributed by atoms with Gasteiger partial charge in [0.25, 0.3) is 15.9 Å². The van der Waals surface area contributed by atoms with E-state index in [9.17, 15) is 13.2 Å². The number of amides is 1. The Morgan fingerprint density at radius 1 is 0.909 bits per heavy atom. The summed E-state index contributed by atoms with van der Waals surface area (Å²) in [5.74, 6) is 0.339. The highest BCUT2D eigenvalue weighted by Gasteiger charge is 2.21. The molecule has 0 unspecified atom stereocenters. The molecule has 3 aromatic carbocycles. The first-order chi connectivity index (χ1) is 15.6. The molecule has 0 aliphatic heterocycles. The maximum absolute atomic E-state index is 13.0. The molecule has 0 fully saturated rings. The summed E-state index contributed by atoms with van der Waals surface area (Å²) in [4.78, 5) is 12.4. The van der Waals surface area contributed by atoms with E-state index in [-0.39, 0.29) is 28.6 Å². The predicted molar refractivity (Wildman–Crippen MR) is 132 cm³/mol. The Bertz CT molecular complexity index is 1290. The molecule has 8 heteroatoms. The molecule has 0 radical (unpaired) electrons. The highest BCUT2D eigenvalue weighted by molar-refractivity contribution is 7.92. The highest BCUT2D eigenvalue weighted by Crippen LogP contribution is 2.27. The Balaban J connectivity index is 1.68. The summed E-state index contributed by atoms with van der Waals surface area (Å²) in [6.45, 7) is 8.19. The van der Waals surface area contributed by atoms with Gasteiger partial charge in [0.05, 0.1) is 17.3 Å². The van der Waals surface area contributed by atoms with Crippen LogP contribution < -0.4 is 14.8 Å². The number of carbonyl (C=O) groups excluding carboxylic acids is 1. The van der Waals surface area contributed by atoms with E-state index in [1.807, 2.05) is 58.0 Å². The van der Waals surface area contributed by atoms with Crippen LogP contribution in [0.3, 0.4) is 0 Å². The first-order valence-corrected chi connectivity index (χ1v) is 12.3. The number of hydrogen-bond donors (Lipinski definition) is 2. The molecule has 1 amide bonds. The Labute approximate surface area is 200 Å². The Morgan fingerprint density at radius 3 is 2.33 bits per heavy atom. The van der Waals surface area contributed by atoms with E-state index in [0.29, 0.717) is 5.69 Å². The van der Waals surface area contributed by atoms with Crippen molar-refractivity contribution in [2.45, 2.75) is 32.6 Å². The molecule has 0 aliphatic carbocycles. The summed E-state index contributed by atoms with van der Waals surface area (Å²) < 4.78 is 34.3. The lowest BCUT2D eigenvalue weighted by atomic mass is 10.1. The lowest BCUT2D eigenvalue weighted by Gasteiger charge is -2.14. The van der Waals surface area contributed by atoms with Gasteiger partial charge in [-0.1, -0.05) is 41.4 Å². The van der Waals surface area contributed by atoms with Gasteiger partial charge < -0.3 is 10.1 Å². The van der Waals surface area contributed by atoms with Gasteiger partial charge in [0, 0.05) is 5.56 Å². The lowest BCUT2D eigenvalue weighted by molar-refractivity contribution is 0.0946. The minimum Gasteiger partial charge on any atom is -0.491 e. The van der Waals surface area contributed by atoms with Crippen LogP contribution in [0, 0.1) is 27.7 Å². The van der Waals surface area contributed by atoms with Gasteiger partial charge in [0.15, 0.2) is 0 Å². The topological polar surface area (TPSA) is 84.5 Å². The van der Waals surface area contributed by atoms with Crippen molar-refractivity contribution in [1.82, 2.24) is 5.32 Å². The molecule has 0 bridgehead atoms. The maximum atomic E-state index is 13.0. The van der Waals surface area contributed by atoms with Crippen molar-refractivity contribution in [2.24, 2.45) is 0 Å². The summed E-state index contributed by atoms with van der Waals surface area (Å²) in [6.07, 6.45) is 0. The van der Waals surface area contributed by atoms with Crippen molar-refractivity contribution in [3.63, 3.8) is 0 Å². The Kier molecular flexibility index (Phi) is 7.66. The smallest absolute Gasteiger partial charge is 0.263 e. The molecule has 0 aliphatic rings. The van der Waals surface area contributed by atoms with Crippen molar-refractivity contribution in [3.05, 3.63) is 87.4 Å². The predicted octanol–water partition coefficient (Wildman–Crippen LogP) is 5.18. The van der Waals surface area contributed by atoms with Crippen LogP contribution in [0.2, 0.25) is 5.02 Å². The Morgan fingerprint density at radius 2 is 1.61 bits per heavy atom. The maximum Gasteiger partial charge on any atom is 0.263 e. The SMILES string of the molecule is Cc1ccc(OCCNC(=O)c2ccc(Cl)c(S(=O)(=O)Nc3cc(C)ccc3C)c2)c(C)c1. The fourth-order valence-corrected chi connectivity index (χ4v) is 4.93. The van der Waals surface area contributed by atoms with Gasteiger partial charge in [-0.15, -0.1) is 0 Å². The third-order valence-corrected chi connectivity index (χ3v) is 6.94. The average molecular weight is 487 g/mol. The molecular weight excluding hydrogens is 460 g/mol. The zero-order valence-electron chi connectivity index (χ0n) is 19.0. The number of halogens is 1. The molecule has 0 saturated carbocycles. The summed E-state index contributed by atoms with van der Waals surface area (Å²) in [7, 11) is -4.00. The van der Waals surface area contributed by atoms with Gasteiger partial charge >= 0.3 is 0 Å². The van der Waals surface area contributed by atoms with Crippen molar-refractivity contribution in [3.8, 4) is 5.75 Å². The fourth-order valence-electron chi connectivity index (χ4n) is 3.28. The van der Waals surface area contributed by atoms with E-state index in [4.69, 9.17) is 16.3 Å². The van der Waals surface area contributed by atoms with E-state index < -0.39 is 15.9 Å². The van der Waals surface area contributed by atoms with Crippen LogP contribution >= 0.6 is 11.6 Å². The summed E-state index contributed by atoms with van der Waals surface area (Å²) in [5, 5.41) is 2.77. The van der Waals surface area contributed by atoms with Crippen LogP contribution in [0.1, 0.15) is 32.6 Å². The van der Waals surface area contributed by atoms with E-state index in [2.05, 4.69) is 10.0 Å². The van der Waals surface area contributed by atoms with Crippen LogP contribution in [0.5, 0.6) is 5.75 Å². The summed E-state index contributed by atoms with van der Waals surface area (Å²) >= 11 is 6.17. The van der Waals surface area contributed by atoms with Gasteiger partial charge in [-0.2, -0.15) is 0 Å². The second kappa shape index (κ2) is 10.3. The number of benzene rings is 3. The van der Waals surface area contributed by atoms with E-state index in [1.165, 1.54) is 18.2 Å². The molecule has 3 aromatic rings. The quantitative estimate of drug-likeness (QED) is 0.429. The normalized spacial score (nSPS) is 11.2. The number of anilines is 1. The van der Waals surface area contributed by atoms with Gasteiger partial charge in [-0.25, -0.2) is 8.42 Å². The molecule has 2 N–H and O–H groups in total. The van der Waals surface area contributed by atoms with Crippen molar-refractivity contribution < 1.29 is 17.9 Å². The number of nitrogens with one attached hydrogen (secondary N) is 2. The molecule has 3 rings (SSSR count). The number of aryl methyl sites for hydroxylation is 4. The van der Waals surface area contributed by atoms with E-state index >= 15 is 0 Å². The number of hydrogen-bond acceptors (Lipinski definition) is 4. The van der Waals surface area contributed by atoms with Gasteiger partial charge in [-0.3, -0.25) is 9.52 Å². The molecule has 0 heterocycles. The molecule has 0 spiro atoms. The van der Waals surface area contributed by atoms with Crippen LogP contribution in [0.15, 0.2) is 59.5 Å².